The first-order valence-corrected chi connectivity index (χ1v) is 12.5. The van der Waals surface area contributed by atoms with Crippen molar-refractivity contribution in [1.82, 2.24) is 9.71 Å². The van der Waals surface area contributed by atoms with E-state index in [4.69, 9.17) is 11.6 Å². The van der Waals surface area contributed by atoms with Crippen molar-refractivity contribution in [3.8, 4) is 0 Å². The Labute approximate surface area is 205 Å². The van der Waals surface area contributed by atoms with Gasteiger partial charge in [-0.2, -0.15) is 13.2 Å². The standard InChI is InChI=1S/C20H14ClF3N4O5S2/c21-14-4-6-17(34-14)35(32,33)27-19(31)26-12-3-5-15(25-9-12)28-16(29)7-10-1-2-11(20(22,23)24)8-13(10)18(28)30/h1-3,5-6,8-9,14H,4,7H2,(H2,26,27,31). The molecule has 9 nitrogen and oxygen atoms in total. The molecule has 1 unspecified atom stereocenters. The van der Waals surface area contributed by atoms with E-state index in [1.54, 1.807) is 0 Å². The number of alkyl halides is 4. The van der Waals surface area contributed by atoms with E-state index in [1.807, 2.05) is 4.72 Å². The number of allylic oxidation sites excluding steroid dienone is 1. The highest BCUT2D eigenvalue weighted by Gasteiger charge is 2.37. The summed E-state index contributed by atoms with van der Waals surface area (Å²) in [7, 11) is -4.12. The maximum atomic E-state index is 13.0. The van der Waals surface area contributed by atoms with Gasteiger partial charge in [-0.3, -0.25) is 9.59 Å². The van der Waals surface area contributed by atoms with Gasteiger partial charge < -0.3 is 5.32 Å². The molecule has 2 N–H and O–H groups in total. The number of pyridine rings is 1. The van der Waals surface area contributed by atoms with Gasteiger partial charge in [0.05, 0.1) is 28.6 Å². The molecule has 2 aromatic rings. The Morgan fingerprint density at radius 2 is 1.94 bits per heavy atom. The topological polar surface area (TPSA) is 126 Å². The van der Waals surface area contributed by atoms with Crippen molar-refractivity contribution in [2.75, 3.05) is 10.2 Å². The summed E-state index contributed by atoms with van der Waals surface area (Å²) in [4.78, 5) is 42.0. The Bertz CT molecular complexity index is 1360. The van der Waals surface area contributed by atoms with E-state index < -0.39 is 44.3 Å². The minimum Gasteiger partial charge on any atom is -0.306 e. The normalized spacial score (nSPS) is 18.2. The number of nitrogens with one attached hydrogen (secondary N) is 2. The van der Waals surface area contributed by atoms with E-state index in [0.717, 1.165) is 30.1 Å². The Balaban J connectivity index is 1.48. The molecule has 0 saturated heterocycles. The van der Waals surface area contributed by atoms with E-state index >= 15 is 0 Å². The largest absolute Gasteiger partial charge is 0.416 e. The zero-order valence-corrected chi connectivity index (χ0v) is 19.7. The Hall–Kier alpha value is -3.10. The predicted molar refractivity (Wildman–Crippen MR) is 122 cm³/mol. The van der Waals surface area contributed by atoms with Crippen LogP contribution in [0.4, 0.5) is 29.5 Å². The zero-order valence-electron chi connectivity index (χ0n) is 17.3. The fourth-order valence-electron chi connectivity index (χ4n) is 3.32. The van der Waals surface area contributed by atoms with Crippen molar-refractivity contribution in [1.29, 1.82) is 0 Å². The number of hydrogen-bond donors (Lipinski definition) is 2. The summed E-state index contributed by atoms with van der Waals surface area (Å²) in [5.41, 5.74) is -1.11. The first-order chi connectivity index (χ1) is 16.3. The number of aromatic nitrogens is 1. The number of carbonyl (C=O) groups is 3. The number of nitrogens with zero attached hydrogens (tertiary/aromatic N) is 2. The molecule has 0 spiro atoms. The number of imide groups is 1. The van der Waals surface area contributed by atoms with E-state index in [9.17, 15) is 36.0 Å². The van der Waals surface area contributed by atoms with Crippen molar-refractivity contribution < 1.29 is 36.0 Å². The maximum absolute atomic E-state index is 13.0. The van der Waals surface area contributed by atoms with Crippen molar-refractivity contribution in [2.45, 2.75) is 23.7 Å². The Morgan fingerprint density at radius 3 is 2.54 bits per heavy atom. The minimum atomic E-state index is -4.67. The number of rotatable bonds is 4. The first-order valence-electron chi connectivity index (χ1n) is 9.73. The van der Waals surface area contributed by atoms with Crippen LogP contribution >= 0.6 is 23.4 Å². The van der Waals surface area contributed by atoms with Gasteiger partial charge in [-0.05, 0) is 36.2 Å². The average Bonchev–Trinajstić information content (AvgIpc) is 3.21. The molecule has 0 radical (unpaired) electrons. The highest BCUT2D eigenvalue weighted by atomic mass is 35.5. The van der Waals surface area contributed by atoms with Crippen LogP contribution in [0.2, 0.25) is 0 Å². The molecule has 35 heavy (non-hydrogen) atoms. The molecule has 0 saturated carbocycles. The Kier molecular flexibility index (Phi) is 6.55. The number of sulfonamides is 1. The van der Waals surface area contributed by atoms with Gasteiger partial charge in [0, 0.05) is 5.56 Å². The number of carbonyl (C=O) groups excluding carboxylic acids is 3. The van der Waals surface area contributed by atoms with Crippen molar-refractivity contribution in [2.24, 2.45) is 0 Å². The van der Waals surface area contributed by atoms with Gasteiger partial charge in [0.1, 0.15) is 10.1 Å². The highest BCUT2D eigenvalue weighted by molar-refractivity contribution is 8.19. The van der Waals surface area contributed by atoms with E-state index in [1.165, 1.54) is 18.2 Å². The number of urea groups is 1. The average molecular weight is 547 g/mol. The van der Waals surface area contributed by atoms with E-state index in [-0.39, 0.29) is 33.3 Å². The van der Waals surface area contributed by atoms with Crippen LogP contribution in [0.5, 0.6) is 0 Å². The van der Waals surface area contributed by atoms with Gasteiger partial charge in [0.25, 0.3) is 15.9 Å². The molecule has 2 aliphatic heterocycles. The molecule has 15 heteroatoms. The second-order valence-corrected chi connectivity index (χ2v) is 11.3. The fourth-order valence-corrected chi connectivity index (χ4v) is 6.18. The molecule has 4 amide bonds. The van der Waals surface area contributed by atoms with Crippen LogP contribution in [0.25, 0.3) is 0 Å². The van der Waals surface area contributed by atoms with E-state index in [2.05, 4.69) is 10.3 Å². The van der Waals surface area contributed by atoms with Crippen molar-refractivity contribution in [3.05, 3.63) is 63.5 Å². The van der Waals surface area contributed by atoms with Crippen LogP contribution in [0, 0.1) is 0 Å². The molecule has 184 valence electrons. The summed E-state index contributed by atoms with van der Waals surface area (Å²) < 4.78 is 64.8. The SMILES string of the molecule is O=C(Nc1ccc(N2C(=O)Cc3ccc(C(F)(F)F)cc3C2=O)nc1)NS(=O)(=O)C1=CCC(Cl)S1. The highest BCUT2D eigenvalue weighted by Crippen LogP contribution is 2.37. The lowest BCUT2D eigenvalue weighted by atomic mass is 9.96. The third-order valence-electron chi connectivity index (χ3n) is 4.90. The molecular weight excluding hydrogens is 533 g/mol. The van der Waals surface area contributed by atoms with Gasteiger partial charge in [-0.25, -0.2) is 27.8 Å². The predicted octanol–water partition coefficient (Wildman–Crippen LogP) is 3.82. The van der Waals surface area contributed by atoms with Gasteiger partial charge in [0.2, 0.25) is 5.91 Å². The molecule has 2 aliphatic rings. The third-order valence-corrected chi connectivity index (χ3v) is 8.29. The fraction of sp³-hybridized carbons (Fsp3) is 0.200. The van der Waals surface area contributed by atoms with Gasteiger partial charge in [0.15, 0.2) is 0 Å². The lowest BCUT2D eigenvalue weighted by Gasteiger charge is -2.26. The smallest absolute Gasteiger partial charge is 0.306 e. The van der Waals surface area contributed by atoms with Crippen LogP contribution in [-0.4, -0.2) is 36.0 Å². The zero-order chi connectivity index (χ0) is 25.5. The number of fused-ring (bicyclic) bond motifs is 1. The van der Waals surface area contributed by atoms with Crippen LogP contribution in [-0.2, 0) is 27.4 Å². The summed E-state index contributed by atoms with van der Waals surface area (Å²) in [5.74, 6) is -1.85. The molecule has 4 rings (SSSR count). The van der Waals surface area contributed by atoms with E-state index in [0.29, 0.717) is 17.4 Å². The summed E-state index contributed by atoms with van der Waals surface area (Å²) in [6.07, 6.45) is -2.21. The maximum Gasteiger partial charge on any atom is 0.416 e. The number of halogens is 4. The second kappa shape index (κ2) is 9.17. The molecule has 0 bridgehead atoms. The number of hydrogen-bond acceptors (Lipinski definition) is 7. The number of benzene rings is 1. The van der Waals surface area contributed by atoms with Crippen LogP contribution < -0.4 is 14.9 Å². The van der Waals surface area contributed by atoms with Crippen molar-refractivity contribution >= 4 is 62.7 Å². The summed E-state index contributed by atoms with van der Waals surface area (Å²) >= 11 is 6.73. The van der Waals surface area contributed by atoms with Crippen LogP contribution in [0.1, 0.15) is 27.9 Å². The number of amides is 4. The third kappa shape index (κ3) is 5.28. The lowest BCUT2D eigenvalue weighted by Crippen LogP contribution is -2.43. The first kappa shape index (κ1) is 25.0. The molecule has 1 aromatic carbocycles. The second-order valence-electron chi connectivity index (χ2n) is 7.33. The summed E-state index contributed by atoms with van der Waals surface area (Å²) in [6, 6.07) is 3.92. The van der Waals surface area contributed by atoms with Crippen molar-refractivity contribution in [3.63, 3.8) is 0 Å². The van der Waals surface area contributed by atoms with Gasteiger partial charge >= 0.3 is 12.2 Å². The summed E-state index contributed by atoms with van der Waals surface area (Å²) in [5, 5.41) is 2.25. The molecule has 3 heterocycles. The molecule has 0 fully saturated rings. The minimum absolute atomic E-state index is 0.0291. The molecule has 0 aliphatic carbocycles. The quantitative estimate of drug-likeness (QED) is 0.441. The lowest BCUT2D eigenvalue weighted by molar-refractivity contribution is -0.137. The number of anilines is 2. The van der Waals surface area contributed by atoms with Crippen LogP contribution in [0.3, 0.4) is 0 Å². The van der Waals surface area contributed by atoms with Crippen LogP contribution in [0.15, 0.2) is 46.8 Å². The molecular formula is C20H14ClF3N4O5S2. The Morgan fingerprint density at radius 1 is 1.20 bits per heavy atom. The number of thioether (sulfide) groups is 1. The van der Waals surface area contributed by atoms with Gasteiger partial charge in [-0.15, -0.1) is 11.6 Å². The molecule has 1 aromatic heterocycles. The van der Waals surface area contributed by atoms with Gasteiger partial charge in [-0.1, -0.05) is 23.9 Å². The summed E-state index contributed by atoms with van der Waals surface area (Å²) in [6.45, 7) is 0. The molecule has 1 atom stereocenters. The monoisotopic (exact) mass is 546 g/mol.